The van der Waals surface area contributed by atoms with E-state index in [0.717, 1.165) is 0 Å². The summed E-state index contributed by atoms with van der Waals surface area (Å²) in [5, 5.41) is 153. The van der Waals surface area contributed by atoms with Gasteiger partial charge in [-0.2, -0.15) is 0 Å². The van der Waals surface area contributed by atoms with Crippen molar-refractivity contribution in [1.29, 1.82) is 0 Å². The SMILES string of the molecule is OCC1OC(OC2OC(CO)C(O)C(O)C2O)C(O)C(O)C1O.OCC1OC(OC2OC(CO)C(O)C(O)C2O)C(O)C(O)C1O. The summed E-state index contributed by atoms with van der Waals surface area (Å²) in [5.41, 5.74) is 0. The molecule has 0 spiro atoms. The van der Waals surface area contributed by atoms with E-state index in [-0.39, 0.29) is 0 Å². The Hall–Kier alpha value is -0.880. The summed E-state index contributed by atoms with van der Waals surface area (Å²) in [7, 11) is 0. The molecule has 4 rings (SSSR count). The van der Waals surface area contributed by atoms with E-state index in [1.54, 1.807) is 0 Å². The van der Waals surface area contributed by atoms with E-state index >= 15 is 0 Å². The third-order valence-electron chi connectivity index (χ3n) is 7.93. The molecule has 4 fully saturated rings. The molecule has 0 aromatic rings. The van der Waals surface area contributed by atoms with Crippen LogP contribution in [0.15, 0.2) is 0 Å². The minimum Gasteiger partial charge on any atom is -0.394 e. The van der Waals surface area contributed by atoms with Gasteiger partial charge in [0, 0.05) is 0 Å². The molecule has 0 bridgehead atoms. The van der Waals surface area contributed by atoms with Gasteiger partial charge in [0.25, 0.3) is 0 Å². The first-order valence-corrected chi connectivity index (χ1v) is 14.2. The second-order valence-corrected chi connectivity index (χ2v) is 11.1. The summed E-state index contributed by atoms with van der Waals surface area (Å²) in [6.07, 6.45) is -31.2. The Bertz CT molecular complexity index is 758. The third-order valence-corrected chi connectivity index (χ3v) is 7.93. The Labute approximate surface area is 260 Å². The fraction of sp³-hybridized carbons (Fsp3) is 1.00. The smallest absolute Gasteiger partial charge is 0.189 e. The Morgan fingerprint density at radius 2 is 0.457 bits per heavy atom. The molecule has 22 heteroatoms. The van der Waals surface area contributed by atoms with Gasteiger partial charge in [0.05, 0.1) is 26.4 Å². The number of hydrogen-bond acceptors (Lipinski definition) is 22. The van der Waals surface area contributed by atoms with Crippen LogP contribution in [0.2, 0.25) is 0 Å². The summed E-state index contributed by atoms with van der Waals surface area (Å²) >= 11 is 0. The maximum Gasteiger partial charge on any atom is 0.189 e. The Morgan fingerprint density at radius 3 is 0.609 bits per heavy atom. The number of ether oxygens (including phenoxy) is 6. The zero-order chi connectivity index (χ0) is 34.6. The summed E-state index contributed by atoms with van der Waals surface area (Å²) in [4.78, 5) is 0. The highest BCUT2D eigenvalue weighted by molar-refractivity contribution is 4.93. The molecule has 20 unspecified atom stereocenters. The van der Waals surface area contributed by atoms with Crippen molar-refractivity contribution in [3.05, 3.63) is 0 Å². The van der Waals surface area contributed by atoms with Gasteiger partial charge in [-0.15, -0.1) is 0 Å². The molecule has 4 aliphatic rings. The molecule has 4 heterocycles. The second-order valence-electron chi connectivity index (χ2n) is 11.1. The van der Waals surface area contributed by atoms with Gasteiger partial charge in [-0.25, -0.2) is 0 Å². The minimum atomic E-state index is -1.72. The Balaban J connectivity index is 0.000000250. The van der Waals surface area contributed by atoms with Gasteiger partial charge < -0.3 is 110 Å². The summed E-state index contributed by atoms with van der Waals surface area (Å²) in [6, 6.07) is 0. The largest absolute Gasteiger partial charge is 0.394 e. The quantitative estimate of drug-likeness (QED) is 0.113. The van der Waals surface area contributed by atoms with Gasteiger partial charge in [-0.3, -0.25) is 0 Å². The standard InChI is InChI=1S/2C12H22O11/c2*13-1-3-5(15)7(17)9(19)11(21-3)23-12-10(20)8(18)6(16)4(2-14)22-12/h2*3-20H,1-2H2. The van der Waals surface area contributed by atoms with Crippen LogP contribution >= 0.6 is 0 Å². The van der Waals surface area contributed by atoms with Gasteiger partial charge in [0.2, 0.25) is 0 Å². The predicted molar refractivity (Wildman–Crippen MR) is 137 cm³/mol. The molecule has 4 aliphatic heterocycles. The molecular formula is C24H44O22. The van der Waals surface area contributed by atoms with Crippen molar-refractivity contribution in [1.82, 2.24) is 0 Å². The summed E-state index contributed by atoms with van der Waals surface area (Å²) in [6.45, 7) is -2.67. The van der Waals surface area contributed by atoms with Crippen molar-refractivity contribution in [2.45, 2.75) is 123 Å². The van der Waals surface area contributed by atoms with E-state index in [9.17, 15) is 61.3 Å². The van der Waals surface area contributed by atoms with Crippen molar-refractivity contribution in [3.8, 4) is 0 Å². The number of rotatable bonds is 8. The van der Waals surface area contributed by atoms with Crippen LogP contribution in [-0.2, 0) is 28.4 Å². The van der Waals surface area contributed by atoms with Crippen LogP contribution in [0.5, 0.6) is 0 Å². The van der Waals surface area contributed by atoms with E-state index < -0.39 is 149 Å². The van der Waals surface area contributed by atoms with Gasteiger partial charge >= 0.3 is 0 Å². The summed E-state index contributed by atoms with van der Waals surface area (Å²) in [5.74, 6) is 0. The highest BCUT2D eigenvalue weighted by Crippen LogP contribution is 2.29. The molecule has 16 N–H and O–H groups in total. The van der Waals surface area contributed by atoms with Gasteiger partial charge in [-0.1, -0.05) is 0 Å². The Morgan fingerprint density at radius 1 is 0.283 bits per heavy atom. The molecular weight excluding hydrogens is 640 g/mol. The van der Waals surface area contributed by atoms with Gasteiger partial charge in [0.15, 0.2) is 25.2 Å². The maximum absolute atomic E-state index is 9.84. The van der Waals surface area contributed by atoms with Crippen LogP contribution in [0, 0.1) is 0 Å². The van der Waals surface area contributed by atoms with Crippen molar-refractivity contribution >= 4 is 0 Å². The number of aliphatic hydroxyl groups excluding tert-OH is 16. The molecule has 46 heavy (non-hydrogen) atoms. The molecule has 20 atom stereocenters. The highest BCUT2D eigenvalue weighted by Gasteiger charge is 2.51. The first kappa shape index (κ1) is 39.6. The number of aliphatic hydroxyl groups is 16. The van der Waals surface area contributed by atoms with E-state index in [1.165, 1.54) is 0 Å². The lowest BCUT2D eigenvalue weighted by Gasteiger charge is -2.44. The maximum atomic E-state index is 9.84. The third kappa shape index (κ3) is 8.45. The zero-order valence-corrected chi connectivity index (χ0v) is 24.0. The molecule has 272 valence electrons. The predicted octanol–water partition coefficient (Wildman–Crippen LogP) is -10.8. The minimum absolute atomic E-state index is 0.667. The van der Waals surface area contributed by atoms with E-state index in [0.29, 0.717) is 0 Å². The van der Waals surface area contributed by atoms with Crippen molar-refractivity contribution in [2.75, 3.05) is 26.4 Å². The van der Waals surface area contributed by atoms with E-state index in [2.05, 4.69) is 0 Å². The van der Waals surface area contributed by atoms with E-state index in [1.807, 2.05) is 0 Å². The fourth-order valence-corrected chi connectivity index (χ4v) is 4.98. The first-order chi connectivity index (χ1) is 21.6. The Kier molecular flexibility index (Phi) is 14.8. The lowest BCUT2D eigenvalue weighted by Crippen LogP contribution is -2.63. The van der Waals surface area contributed by atoms with Crippen molar-refractivity contribution in [2.24, 2.45) is 0 Å². The van der Waals surface area contributed by atoms with Crippen LogP contribution in [0.1, 0.15) is 0 Å². The molecule has 0 aromatic carbocycles. The van der Waals surface area contributed by atoms with Crippen LogP contribution in [0.4, 0.5) is 0 Å². The molecule has 22 nitrogen and oxygen atoms in total. The van der Waals surface area contributed by atoms with Crippen LogP contribution < -0.4 is 0 Å². The fourth-order valence-electron chi connectivity index (χ4n) is 4.98. The van der Waals surface area contributed by atoms with Gasteiger partial charge in [-0.05, 0) is 0 Å². The molecule has 0 saturated carbocycles. The van der Waals surface area contributed by atoms with Crippen LogP contribution in [0.3, 0.4) is 0 Å². The molecule has 0 amide bonds. The second kappa shape index (κ2) is 17.2. The van der Waals surface area contributed by atoms with Crippen molar-refractivity contribution < 1.29 is 110 Å². The van der Waals surface area contributed by atoms with Crippen LogP contribution in [-0.4, -0.2) is 231 Å². The van der Waals surface area contributed by atoms with Gasteiger partial charge in [0.1, 0.15) is 97.7 Å². The average Bonchev–Trinajstić information content (AvgIpc) is 3.05. The molecule has 0 radical (unpaired) electrons. The lowest BCUT2D eigenvalue weighted by atomic mass is 9.98. The normalized spacial score (nSPS) is 51.7. The average molecular weight is 685 g/mol. The first-order valence-electron chi connectivity index (χ1n) is 14.2. The van der Waals surface area contributed by atoms with E-state index in [4.69, 9.17) is 48.8 Å². The van der Waals surface area contributed by atoms with Crippen molar-refractivity contribution in [3.63, 3.8) is 0 Å². The topological polar surface area (TPSA) is 379 Å². The highest BCUT2D eigenvalue weighted by atomic mass is 16.8. The monoisotopic (exact) mass is 684 g/mol. The molecule has 0 aromatic heterocycles. The molecule has 4 saturated heterocycles. The molecule has 0 aliphatic carbocycles. The zero-order valence-electron chi connectivity index (χ0n) is 24.0. The summed E-state index contributed by atoms with van der Waals surface area (Å²) < 4.78 is 30.6. The lowest BCUT2D eigenvalue weighted by molar-refractivity contribution is -0.376. The number of hydrogen-bond donors (Lipinski definition) is 16. The van der Waals surface area contributed by atoms with Crippen LogP contribution in [0.25, 0.3) is 0 Å².